The van der Waals surface area contributed by atoms with Crippen LogP contribution in [0.3, 0.4) is 0 Å². The molecule has 0 radical (unpaired) electrons. The number of nitrogens with one attached hydrogen (secondary N) is 1. The lowest BCUT2D eigenvalue weighted by molar-refractivity contribution is 0.0730. The zero-order valence-corrected chi connectivity index (χ0v) is 18.6. The lowest BCUT2D eigenvalue weighted by Gasteiger charge is -2.11. The molecule has 3 rings (SSSR count). The molecular weight excluding hydrogens is 455 g/mol. The van der Waals surface area contributed by atoms with Crippen molar-refractivity contribution in [3.63, 3.8) is 0 Å². The number of rotatable bonds is 7. The van der Waals surface area contributed by atoms with Crippen LogP contribution in [0.2, 0.25) is 10.0 Å². The summed E-state index contributed by atoms with van der Waals surface area (Å²) in [6.45, 7) is 0. The highest BCUT2D eigenvalue weighted by atomic mass is 35.5. The van der Waals surface area contributed by atoms with Crippen LogP contribution in [0.1, 0.15) is 26.3 Å². The minimum absolute atomic E-state index is 0.158. The molecule has 0 aliphatic heterocycles. The van der Waals surface area contributed by atoms with E-state index >= 15 is 0 Å². The topological polar surface area (TPSA) is 86.2 Å². The minimum Gasteiger partial charge on any atom is -0.497 e. The van der Waals surface area contributed by atoms with Gasteiger partial charge in [0.2, 0.25) is 0 Å². The Morgan fingerprint density at radius 3 is 2.19 bits per heavy atom. The van der Waals surface area contributed by atoms with Crippen molar-refractivity contribution < 1.29 is 23.8 Å². The Hall–Kier alpha value is -3.55. The fourth-order valence-electron chi connectivity index (χ4n) is 2.68. The van der Waals surface area contributed by atoms with Gasteiger partial charge in [0, 0.05) is 21.2 Å². The molecule has 9 heteroatoms. The fourth-order valence-corrected chi connectivity index (χ4v) is 3.03. The maximum atomic E-state index is 12.7. The first-order valence-electron chi connectivity index (χ1n) is 9.24. The van der Waals surface area contributed by atoms with Gasteiger partial charge < -0.3 is 14.2 Å². The summed E-state index contributed by atoms with van der Waals surface area (Å²) < 4.78 is 15.8. The molecule has 0 spiro atoms. The van der Waals surface area contributed by atoms with Crippen molar-refractivity contribution in [3.8, 4) is 17.2 Å². The van der Waals surface area contributed by atoms with Crippen LogP contribution in [0, 0.1) is 0 Å². The summed E-state index contributed by atoms with van der Waals surface area (Å²) in [5.74, 6) is 0.0303. The highest BCUT2D eigenvalue weighted by Gasteiger charge is 2.17. The summed E-state index contributed by atoms with van der Waals surface area (Å²) in [5.41, 5.74) is 3.34. The molecule has 0 aromatic heterocycles. The molecule has 164 valence electrons. The first-order valence-corrected chi connectivity index (χ1v) is 9.99. The lowest BCUT2D eigenvalue weighted by atomic mass is 10.2. The number of carbonyl (C=O) groups excluding carboxylic acids is 2. The van der Waals surface area contributed by atoms with Crippen molar-refractivity contribution in [2.24, 2.45) is 5.10 Å². The maximum Gasteiger partial charge on any atom is 0.347 e. The Morgan fingerprint density at radius 2 is 1.53 bits per heavy atom. The van der Waals surface area contributed by atoms with Crippen LogP contribution in [-0.4, -0.2) is 32.3 Å². The standard InChI is InChI=1S/C23H18Cl2N2O5/c1-30-18-7-3-14(4-8-18)22(28)27-26-13-15-11-16(24)5-9-20(15)32-23(29)19-12-17(25)6-10-21(19)31-2/h3-13H,1-2H3,(H,27,28)/b26-13+. The molecular formula is C23H18Cl2N2O5. The highest BCUT2D eigenvalue weighted by Crippen LogP contribution is 2.27. The van der Waals surface area contributed by atoms with E-state index in [2.05, 4.69) is 10.5 Å². The summed E-state index contributed by atoms with van der Waals surface area (Å²) in [6.07, 6.45) is 1.32. The van der Waals surface area contributed by atoms with E-state index < -0.39 is 11.9 Å². The average Bonchev–Trinajstić information content (AvgIpc) is 2.80. The van der Waals surface area contributed by atoms with E-state index in [-0.39, 0.29) is 11.3 Å². The second-order valence-corrected chi connectivity index (χ2v) is 7.22. The molecule has 0 fully saturated rings. The predicted octanol–water partition coefficient (Wildman–Crippen LogP) is 4.99. The normalized spacial score (nSPS) is 10.6. The number of amides is 1. The second-order valence-electron chi connectivity index (χ2n) is 6.34. The molecule has 32 heavy (non-hydrogen) atoms. The van der Waals surface area contributed by atoms with Gasteiger partial charge in [0.05, 0.1) is 20.4 Å². The Morgan fingerprint density at radius 1 is 0.875 bits per heavy atom. The van der Waals surface area contributed by atoms with Crippen LogP contribution in [0.15, 0.2) is 65.8 Å². The third-order valence-corrected chi connectivity index (χ3v) is 4.75. The van der Waals surface area contributed by atoms with E-state index in [0.717, 1.165) is 0 Å². The smallest absolute Gasteiger partial charge is 0.347 e. The van der Waals surface area contributed by atoms with Gasteiger partial charge in [0.15, 0.2) is 0 Å². The summed E-state index contributed by atoms with van der Waals surface area (Å²) in [5, 5.41) is 4.69. The van der Waals surface area contributed by atoms with E-state index in [4.69, 9.17) is 37.4 Å². The van der Waals surface area contributed by atoms with Crippen LogP contribution in [-0.2, 0) is 0 Å². The molecule has 7 nitrogen and oxygen atoms in total. The molecule has 0 heterocycles. The summed E-state index contributed by atoms with van der Waals surface area (Å²) in [7, 11) is 2.98. The fraction of sp³-hybridized carbons (Fsp3) is 0.0870. The van der Waals surface area contributed by atoms with Gasteiger partial charge in [-0.1, -0.05) is 23.2 Å². The van der Waals surface area contributed by atoms with Crippen LogP contribution < -0.4 is 19.6 Å². The summed E-state index contributed by atoms with van der Waals surface area (Å²) in [6, 6.07) is 15.8. The van der Waals surface area contributed by atoms with Gasteiger partial charge in [-0.05, 0) is 60.7 Å². The van der Waals surface area contributed by atoms with Crippen LogP contribution >= 0.6 is 23.2 Å². The number of carbonyl (C=O) groups is 2. The Labute approximate surface area is 194 Å². The lowest BCUT2D eigenvalue weighted by Crippen LogP contribution is -2.17. The third-order valence-electron chi connectivity index (χ3n) is 4.28. The molecule has 0 saturated heterocycles. The number of benzene rings is 3. The first-order chi connectivity index (χ1) is 15.4. The molecule has 0 saturated carbocycles. The zero-order chi connectivity index (χ0) is 23.1. The molecule has 0 aliphatic rings. The van der Waals surface area contributed by atoms with Gasteiger partial charge in [-0.15, -0.1) is 0 Å². The largest absolute Gasteiger partial charge is 0.497 e. The van der Waals surface area contributed by atoms with Crippen molar-refractivity contribution in [2.45, 2.75) is 0 Å². The van der Waals surface area contributed by atoms with Gasteiger partial charge in [-0.2, -0.15) is 5.10 Å². The van der Waals surface area contributed by atoms with Crippen LogP contribution in [0.5, 0.6) is 17.2 Å². The van der Waals surface area contributed by atoms with Crippen molar-refractivity contribution in [1.29, 1.82) is 0 Å². The van der Waals surface area contributed by atoms with E-state index in [1.54, 1.807) is 48.5 Å². The van der Waals surface area contributed by atoms with Crippen molar-refractivity contribution in [3.05, 3.63) is 87.4 Å². The quantitative estimate of drug-likeness (QED) is 0.226. The molecule has 1 N–H and O–H groups in total. The molecule has 0 bridgehead atoms. The van der Waals surface area contributed by atoms with E-state index in [1.165, 1.54) is 32.6 Å². The van der Waals surface area contributed by atoms with Gasteiger partial charge in [-0.25, -0.2) is 10.2 Å². The first kappa shape index (κ1) is 23.1. The van der Waals surface area contributed by atoms with E-state index in [9.17, 15) is 9.59 Å². The molecule has 1 amide bonds. The molecule has 0 aliphatic carbocycles. The van der Waals surface area contributed by atoms with Gasteiger partial charge in [0.1, 0.15) is 22.8 Å². The second kappa shape index (κ2) is 10.7. The number of hydrazone groups is 1. The maximum absolute atomic E-state index is 12.7. The van der Waals surface area contributed by atoms with Crippen molar-refractivity contribution >= 4 is 41.3 Å². The molecule has 0 unspecified atom stereocenters. The Balaban J connectivity index is 1.76. The number of esters is 1. The molecule has 3 aromatic carbocycles. The van der Waals surface area contributed by atoms with Gasteiger partial charge >= 0.3 is 5.97 Å². The Kier molecular flexibility index (Phi) is 7.70. The SMILES string of the molecule is COc1ccc(C(=O)N/N=C/c2cc(Cl)ccc2OC(=O)c2cc(Cl)ccc2OC)cc1. The van der Waals surface area contributed by atoms with Gasteiger partial charge in [-0.3, -0.25) is 4.79 Å². The highest BCUT2D eigenvalue weighted by molar-refractivity contribution is 6.31. The number of hydrogen-bond donors (Lipinski definition) is 1. The van der Waals surface area contributed by atoms with Crippen molar-refractivity contribution in [1.82, 2.24) is 5.43 Å². The van der Waals surface area contributed by atoms with Crippen molar-refractivity contribution in [2.75, 3.05) is 14.2 Å². The number of ether oxygens (including phenoxy) is 3. The molecule has 3 aromatic rings. The van der Waals surface area contributed by atoms with Gasteiger partial charge in [0.25, 0.3) is 5.91 Å². The number of hydrogen-bond acceptors (Lipinski definition) is 6. The number of nitrogens with zero attached hydrogens (tertiary/aromatic N) is 1. The summed E-state index contributed by atoms with van der Waals surface area (Å²) in [4.78, 5) is 24.9. The number of methoxy groups -OCH3 is 2. The van der Waals surface area contributed by atoms with Crippen LogP contribution in [0.25, 0.3) is 0 Å². The number of halogens is 2. The minimum atomic E-state index is -0.677. The average molecular weight is 473 g/mol. The van der Waals surface area contributed by atoms with E-state index in [1.807, 2.05) is 0 Å². The third kappa shape index (κ3) is 5.78. The molecule has 0 atom stereocenters. The Bertz CT molecular complexity index is 1160. The summed E-state index contributed by atoms with van der Waals surface area (Å²) >= 11 is 12.1. The van der Waals surface area contributed by atoms with Crippen LogP contribution in [0.4, 0.5) is 0 Å². The van der Waals surface area contributed by atoms with E-state index in [0.29, 0.717) is 32.7 Å². The monoisotopic (exact) mass is 472 g/mol. The predicted molar refractivity (Wildman–Crippen MR) is 122 cm³/mol. The zero-order valence-electron chi connectivity index (χ0n) is 17.1.